The van der Waals surface area contributed by atoms with E-state index in [0.717, 1.165) is 0 Å². The molecule has 0 aliphatic carbocycles. The van der Waals surface area contributed by atoms with E-state index in [0.29, 0.717) is 38.8 Å². The second kappa shape index (κ2) is 4.91. The highest BCUT2D eigenvalue weighted by Crippen LogP contribution is 2.13. The van der Waals surface area contributed by atoms with Crippen LogP contribution in [0.15, 0.2) is 0 Å². The molecule has 6 heteroatoms. The van der Waals surface area contributed by atoms with Crippen molar-refractivity contribution in [3.8, 4) is 0 Å². The highest BCUT2D eigenvalue weighted by molar-refractivity contribution is 5.80. The molecule has 1 atom stereocenters. The van der Waals surface area contributed by atoms with E-state index in [2.05, 4.69) is 10.6 Å². The van der Waals surface area contributed by atoms with Crippen LogP contribution in [0.2, 0.25) is 0 Å². The van der Waals surface area contributed by atoms with Crippen LogP contribution in [0.3, 0.4) is 0 Å². The van der Waals surface area contributed by atoms with Crippen molar-refractivity contribution in [2.24, 2.45) is 0 Å². The number of carbonyl (C=O) groups excluding carboxylic acids is 2. The molecule has 0 saturated carbocycles. The molecule has 0 spiro atoms. The highest BCUT2D eigenvalue weighted by Gasteiger charge is 2.36. The molecule has 17 heavy (non-hydrogen) atoms. The minimum atomic E-state index is 0.00223. The molecule has 1 unspecified atom stereocenters. The van der Waals surface area contributed by atoms with Gasteiger partial charge in [-0.25, -0.2) is 4.79 Å². The molecule has 2 fully saturated rings. The minimum Gasteiger partial charge on any atom is -0.338 e. The third kappa shape index (κ3) is 2.69. The molecule has 2 aliphatic rings. The monoisotopic (exact) mass is 240 g/mol. The van der Waals surface area contributed by atoms with Crippen molar-refractivity contribution in [2.75, 3.05) is 32.7 Å². The van der Waals surface area contributed by atoms with Crippen LogP contribution < -0.4 is 10.6 Å². The predicted molar refractivity (Wildman–Crippen MR) is 63.6 cm³/mol. The number of urea groups is 1. The van der Waals surface area contributed by atoms with Gasteiger partial charge < -0.3 is 20.4 Å². The van der Waals surface area contributed by atoms with Gasteiger partial charge in [-0.1, -0.05) is 13.8 Å². The van der Waals surface area contributed by atoms with Crippen LogP contribution in [0.1, 0.15) is 13.8 Å². The van der Waals surface area contributed by atoms with Crippen LogP contribution in [0.4, 0.5) is 4.79 Å². The van der Waals surface area contributed by atoms with Gasteiger partial charge >= 0.3 is 6.03 Å². The van der Waals surface area contributed by atoms with E-state index in [1.807, 2.05) is 23.6 Å². The number of rotatable bonds is 3. The quantitative estimate of drug-likeness (QED) is 0.680. The average Bonchev–Trinajstić information content (AvgIpc) is 2.67. The molecule has 0 radical (unpaired) electrons. The number of nitrogens with one attached hydrogen (secondary N) is 2. The third-order valence-corrected chi connectivity index (χ3v) is 3.25. The van der Waals surface area contributed by atoms with Crippen LogP contribution in [-0.2, 0) is 4.79 Å². The summed E-state index contributed by atoms with van der Waals surface area (Å²) >= 11 is 0. The van der Waals surface area contributed by atoms with Gasteiger partial charge in [0.2, 0.25) is 5.91 Å². The second-order valence-corrected chi connectivity index (χ2v) is 4.91. The molecule has 2 heterocycles. The summed E-state index contributed by atoms with van der Waals surface area (Å²) in [5.41, 5.74) is 0. The Kier molecular flexibility index (Phi) is 3.51. The first-order chi connectivity index (χ1) is 8.08. The maximum atomic E-state index is 11.9. The van der Waals surface area contributed by atoms with E-state index in [-0.39, 0.29) is 18.0 Å². The predicted octanol–water partition coefficient (Wildman–Crippen LogP) is -0.780. The van der Waals surface area contributed by atoms with E-state index in [1.165, 1.54) is 0 Å². The highest BCUT2D eigenvalue weighted by atomic mass is 16.2. The summed E-state index contributed by atoms with van der Waals surface area (Å²) in [6, 6.07) is 0.469. The zero-order valence-electron chi connectivity index (χ0n) is 10.4. The third-order valence-electron chi connectivity index (χ3n) is 3.25. The van der Waals surface area contributed by atoms with Crippen LogP contribution in [0, 0.1) is 0 Å². The Morgan fingerprint density at radius 3 is 3.00 bits per heavy atom. The van der Waals surface area contributed by atoms with Gasteiger partial charge in [0.25, 0.3) is 0 Å². The summed E-state index contributed by atoms with van der Waals surface area (Å²) in [6.07, 6.45) is 0. The zero-order chi connectivity index (χ0) is 12.4. The zero-order valence-corrected chi connectivity index (χ0v) is 10.4. The molecule has 2 aliphatic heterocycles. The molecular formula is C11H20N4O2. The van der Waals surface area contributed by atoms with Crippen LogP contribution >= 0.6 is 0 Å². The maximum Gasteiger partial charge on any atom is 0.317 e. The van der Waals surface area contributed by atoms with Crippen molar-refractivity contribution < 1.29 is 9.59 Å². The fourth-order valence-electron chi connectivity index (χ4n) is 2.23. The lowest BCUT2D eigenvalue weighted by atomic mass is 10.2. The van der Waals surface area contributed by atoms with Gasteiger partial charge in [0, 0.05) is 32.2 Å². The van der Waals surface area contributed by atoms with E-state index >= 15 is 0 Å². The van der Waals surface area contributed by atoms with Gasteiger partial charge in [-0.2, -0.15) is 0 Å². The normalized spacial score (nSPS) is 23.9. The number of fused-ring (bicyclic) bond motifs is 1. The number of hydrogen-bond donors (Lipinski definition) is 2. The van der Waals surface area contributed by atoms with E-state index in [9.17, 15) is 9.59 Å². The van der Waals surface area contributed by atoms with Crippen molar-refractivity contribution in [2.45, 2.75) is 25.9 Å². The first-order valence-corrected chi connectivity index (χ1v) is 6.13. The Labute approximate surface area is 101 Å². The Bertz CT molecular complexity index is 319. The van der Waals surface area contributed by atoms with Crippen molar-refractivity contribution in [3.63, 3.8) is 0 Å². The summed E-state index contributed by atoms with van der Waals surface area (Å²) in [4.78, 5) is 27.0. The molecular weight excluding hydrogens is 220 g/mol. The standard InChI is InChI=1S/C11H20N4O2/c1-8(2)12-6-10(16)14-3-4-15-9(7-14)5-13-11(15)17/h8-9,12H,3-7H2,1-2H3,(H,13,17). The number of nitrogens with zero attached hydrogens (tertiary/aromatic N) is 2. The Balaban J connectivity index is 1.84. The first-order valence-electron chi connectivity index (χ1n) is 6.13. The molecule has 2 saturated heterocycles. The fraction of sp³-hybridized carbons (Fsp3) is 0.818. The van der Waals surface area contributed by atoms with E-state index in [1.54, 1.807) is 0 Å². The number of amides is 3. The summed E-state index contributed by atoms with van der Waals surface area (Å²) in [6.45, 7) is 7.01. The minimum absolute atomic E-state index is 0.00223. The molecule has 96 valence electrons. The molecule has 3 amide bonds. The lowest BCUT2D eigenvalue weighted by molar-refractivity contribution is -0.132. The fourth-order valence-corrected chi connectivity index (χ4v) is 2.23. The van der Waals surface area contributed by atoms with Gasteiger partial charge in [-0.15, -0.1) is 0 Å². The molecule has 2 N–H and O–H groups in total. The van der Waals surface area contributed by atoms with Crippen molar-refractivity contribution in [3.05, 3.63) is 0 Å². The smallest absolute Gasteiger partial charge is 0.317 e. The molecule has 0 aromatic heterocycles. The van der Waals surface area contributed by atoms with E-state index < -0.39 is 0 Å². The summed E-state index contributed by atoms with van der Waals surface area (Å²) in [7, 11) is 0. The van der Waals surface area contributed by atoms with Gasteiger partial charge in [-0.05, 0) is 0 Å². The van der Waals surface area contributed by atoms with Crippen LogP contribution in [0.25, 0.3) is 0 Å². The van der Waals surface area contributed by atoms with Gasteiger partial charge in [0.05, 0.1) is 12.6 Å². The van der Waals surface area contributed by atoms with Crippen molar-refractivity contribution in [1.29, 1.82) is 0 Å². The second-order valence-electron chi connectivity index (χ2n) is 4.91. The van der Waals surface area contributed by atoms with Crippen molar-refractivity contribution >= 4 is 11.9 Å². The lowest BCUT2D eigenvalue weighted by Crippen LogP contribution is -2.55. The van der Waals surface area contributed by atoms with Gasteiger partial charge in [-0.3, -0.25) is 4.79 Å². The van der Waals surface area contributed by atoms with Gasteiger partial charge in [0.15, 0.2) is 0 Å². The van der Waals surface area contributed by atoms with Crippen molar-refractivity contribution in [1.82, 2.24) is 20.4 Å². The molecule has 2 rings (SSSR count). The molecule has 6 nitrogen and oxygen atoms in total. The summed E-state index contributed by atoms with van der Waals surface area (Å²) < 4.78 is 0. The SMILES string of the molecule is CC(C)NCC(=O)N1CCN2C(=O)NCC2C1. The number of hydrogen-bond acceptors (Lipinski definition) is 3. The first kappa shape index (κ1) is 12.2. The number of carbonyl (C=O) groups is 2. The topological polar surface area (TPSA) is 64.7 Å². The molecule has 0 aromatic carbocycles. The molecule has 0 aromatic rings. The largest absolute Gasteiger partial charge is 0.338 e. The summed E-state index contributed by atoms with van der Waals surface area (Å²) in [5, 5.41) is 5.93. The van der Waals surface area contributed by atoms with Gasteiger partial charge in [0.1, 0.15) is 0 Å². The number of piperazine rings is 1. The van der Waals surface area contributed by atoms with Crippen LogP contribution in [-0.4, -0.2) is 66.5 Å². The molecule has 0 bridgehead atoms. The average molecular weight is 240 g/mol. The Hall–Kier alpha value is -1.30. The Morgan fingerprint density at radius 2 is 2.29 bits per heavy atom. The summed E-state index contributed by atoms with van der Waals surface area (Å²) in [5.74, 6) is 0.123. The maximum absolute atomic E-state index is 11.9. The van der Waals surface area contributed by atoms with Crippen LogP contribution in [0.5, 0.6) is 0 Å². The Morgan fingerprint density at radius 1 is 1.53 bits per heavy atom. The van der Waals surface area contributed by atoms with E-state index in [4.69, 9.17) is 0 Å². The lowest BCUT2D eigenvalue weighted by Gasteiger charge is -2.36.